The van der Waals surface area contributed by atoms with Crippen LogP contribution in [0.4, 0.5) is 0 Å². The highest BCUT2D eigenvalue weighted by atomic mass is 79.9. The van der Waals surface area contributed by atoms with Gasteiger partial charge in [0.05, 0.1) is 0 Å². The molecule has 1 aromatic rings. The maximum Gasteiger partial charge on any atom is 0.244 e. The third-order valence-electron chi connectivity index (χ3n) is 3.29. The largest absolute Gasteiger partial charge is 0.262 e. The third kappa shape index (κ3) is 3.10. The molecule has 1 saturated heterocycles. The number of hydrogen-bond acceptors (Lipinski definition) is 3. The first kappa shape index (κ1) is 14.0. The molecule has 0 saturated carbocycles. The number of hydrogen-bond donors (Lipinski definition) is 0. The van der Waals surface area contributed by atoms with Crippen molar-refractivity contribution in [2.45, 2.75) is 31.1 Å². The fraction of sp³-hybridized carbons (Fsp3) is 0.583. The van der Waals surface area contributed by atoms with Crippen LogP contribution in [-0.4, -0.2) is 30.8 Å². The number of nitrogens with zero attached hydrogens (tertiary/aromatic N) is 2. The molecule has 1 aliphatic heterocycles. The highest BCUT2D eigenvalue weighted by Gasteiger charge is 2.26. The van der Waals surface area contributed by atoms with Crippen LogP contribution in [0.25, 0.3) is 0 Å². The Hall–Kier alpha value is -0.460. The molecule has 6 heteroatoms. The average Bonchev–Trinajstić information content (AvgIpc) is 2.54. The van der Waals surface area contributed by atoms with Crippen LogP contribution in [-0.2, 0) is 10.0 Å². The first-order valence-corrected chi connectivity index (χ1v) is 8.34. The SMILES string of the molecule is C[C@H]1CCCN(S(=O)(=O)c2cncc(Br)c2)CC1. The molecule has 0 N–H and O–H groups in total. The lowest BCUT2D eigenvalue weighted by molar-refractivity contribution is 0.416. The van der Waals surface area contributed by atoms with Crippen LogP contribution in [0.3, 0.4) is 0 Å². The zero-order valence-electron chi connectivity index (χ0n) is 10.3. The summed E-state index contributed by atoms with van der Waals surface area (Å²) in [5.74, 6) is 0.603. The molecule has 1 atom stereocenters. The van der Waals surface area contributed by atoms with Crippen LogP contribution in [0, 0.1) is 5.92 Å². The van der Waals surface area contributed by atoms with E-state index in [1.807, 2.05) is 0 Å². The lowest BCUT2D eigenvalue weighted by Gasteiger charge is -2.19. The van der Waals surface area contributed by atoms with E-state index in [2.05, 4.69) is 27.8 Å². The Morgan fingerprint density at radius 3 is 2.83 bits per heavy atom. The summed E-state index contributed by atoms with van der Waals surface area (Å²) >= 11 is 3.26. The van der Waals surface area contributed by atoms with E-state index in [0.29, 0.717) is 23.5 Å². The second kappa shape index (κ2) is 5.67. The molecular weight excluding hydrogens is 316 g/mol. The van der Waals surface area contributed by atoms with Gasteiger partial charge in [0.2, 0.25) is 10.0 Å². The average molecular weight is 333 g/mol. The Morgan fingerprint density at radius 2 is 2.11 bits per heavy atom. The van der Waals surface area contributed by atoms with E-state index in [4.69, 9.17) is 0 Å². The van der Waals surface area contributed by atoms with E-state index in [1.165, 1.54) is 6.20 Å². The van der Waals surface area contributed by atoms with Gasteiger partial charge < -0.3 is 0 Å². The molecule has 100 valence electrons. The number of sulfonamides is 1. The van der Waals surface area contributed by atoms with Crippen molar-refractivity contribution in [2.75, 3.05) is 13.1 Å². The molecule has 1 aromatic heterocycles. The number of halogens is 1. The summed E-state index contributed by atoms with van der Waals surface area (Å²) in [7, 11) is -3.39. The van der Waals surface area contributed by atoms with Gasteiger partial charge in [0, 0.05) is 30.0 Å². The molecule has 0 radical (unpaired) electrons. The first-order chi connectivity index (χ1) is 8.50. The summed E-state index contributed by atoms with van der Waals surface area (Å²) in [5, 5.41) is 0. The highest BCUT2D eigenvalue weighted by molar-refractivity contribution is 9.10. The fourth-order valence-corrected chi connectivity index (χ4v) is 4.16. The maximum atomic E-state index is 12.5. The molecule has 1 fully saturated rings. The van der Waals surface area contributed by atoms with Gasteiger partial charge in [-0.25, -0.2) is 8.42 Å². The first-order valence-electron chi connectivity index (χ1n) is 6.11. The molecule has 0 aliphatic carbocycles. The summed E-state index contributed by atoms with van der Waals surface area (Å²) in [4.78, 5) is 4.20. The zero-order chi connectivity index (χ0) is 13.2. The second-order valence-electron chi connectivity index (χ2n) is 4.78. The predicted octanol–water partition coefficient (Wildman–Crippen LogP) is 2.65. The third-order valence-corrected chi connectivity index (χ3v) is 5.59. The van der Waals surface area contributed by atoms with Crippen LogP contribution >= 0.6 is 15.9 Å². The summed E-state index contributed by atoms with van der Waals surface area (Å²) in [6.45, 7) is 3.39. The van der Waals surface area contributed by atoms with Gasteiger partial charge in [-0.15, -0.1) is 0 Å². The Morgan fingerprint density at radius 1 is 1.33 bits per heavy atom. The van der Waals surface area contributed by atoms with E-state index in [0.717, 1.165) is 19.3 Å². The zero-order valence-corrected chi connectivity index (χ0v) is 12.7. The van der Waals surface area contributed by atoms with Gasteiger partial charge in [0.25, 0.3) is 0 Å². The predicted molar refractivity (Wildman–Crippen MR) is 73.7 cm³/mol. The van der Waals surface area contributed by atoms with Crippen molar-refractivity contribution in [1.29, 1.82) is 0 Å². The van der Waals surface area contributed by atoms with E-state index in [9.17, 15) is 8.42 Å². The van der Waals surface area contributed by atoms with Crippen molar-refractivity contribution in [2.24, 2.45) is 5.92 Å². The van der Waals surface area contributed by atoms with Crippen molar-refractivity contribution >= 4 is 26.0 Å². The van der Waals surface area contributed by atoms with Crippen LogP contribution in [0.1, 0.15) is 26.2 Å². The molecular formula is C12H17BrN2O2S. The minimum absolute atomic E-state index is 0.270. The van der Waals surface area contributed by atoms with Gasteiger partial charge in [-0.1, -0.05) is 6.92 Å². The van der Waals surface area contributed by atoms with Gasteiger partial charge in [0.15, 0.2) is 0 Å². The molecule has 0 unspecified atom stereocenters. The fourth-order valence-electron chi connectivity index (χ4n) is 2.16. The van der Waals surface area contributed by atoms with Crippen LogP contribution in [0.5, 0.6) is 0 Å². The lowest BCUT2D eigenvalue weighted by atomic mass is 10.0. The molecule has 2 heterocycles. The van der Waals surface area contributed by atoms with Gasteiger partial charge in [-0.3, -0.25) is 4.98 Å². The standard InChI is InChI=1S/C12H17BrN2O2S/c1-10-3-2-5-15(6-4-10)18(16,17)12-7-11(13)8-14-9-12/h7-10H,2-6H2,1H3/t10-/m0/s1. The van der Waals surface area contributed by atoms with Crippen molar-refractivity contribution in [3.05, 3.63) is 22.9 Å². The number of rotatable bonds is 2. The van der Waals surface area contributed by atoms with Gasteiger partial charge in [-0.2, -0.15) is 4.31 Å². The number of aromatic nitrogens is 1. The molecule has 0 aromatic carbocycles. The normalized spacial score (nSPS) is 22.7. The number of pyridine rings is 1. The second-order valence-corrected chi connectivity index (χ2v) is 7.63. The molecule has 18 heavy (non-hydrogen) atoms. The Bertz CT molecular complexity index is 519. The Balaban J connectivity index is 2.25. The molecule has 4 nitrogen and oxygen atoms in total. The summed E-state index contributed by atoms with van der Waals surface area (Å²) in [6.07, 6.45) is 5.96. The monoisotopic (exact) mass is 332 g/mol. The minimum atomic E-state index is -3.39. The summed E-state index contributed by atoms with van der Waals surface area (Å²) < 4.78 is 27.2. The van der Waals surface area contributed by atoms with Crippen molar-refractivity contribution < 1.29 is 8.42 Å². The van der Waals surface area contributed by atoms with Gasteiger partial charge in [0.1, 0.15) is 4.90 Å². The van der Waals surface area contributed by atoms with Crippen LogP contribution < -0.4 is 0 Å². The van der Waals surface area contributed by atoms with E-state index < -0.39 is 10.0 Å². The summed E-state index contributed by atoms with van der Waals surface area (Å²) in [6, 6.07) is 1.61. The van der Waals surface area contributed by atoms with Crippen molar-refractivity contribution in [3.8, 4) is 0 Å². The molecule has 1 aliphatic rings. The van der Waals surface area contributed by atoms with Crippen LogP contribution in [0.2, 0.25) is 0 Å². The van der Waals surface area contributed by atoms with Crippen LogP contribution in [0.15, 0.2) is 27.8 Å². The van der Waals surface area contributed by atoms with Crippen molar-refractivity contribution in [1.82, 2.24) is 9.29 Å². The topological polar surface area (TPSA) is 50.3 Å². The van der Waals surface area contributed by atoms with E-state index >= 15 is 0 Å². The Kier molecular flexibility index (Phi) is 4.40. The van der Waals surface area contributed by atoms with Crippen molar-refractivity contribution in [3.63, 3.8) is 0 Å². The minimum Gasteiger partial charge on any atom is -0.262 e. The summed E-state index contributed by atoms with van der Waals surface area (Å²) in [5.41, 5.74) is 0. The van der Waals surface area contributed by atoms with Gasteiger partial charge in [-0.05, 0) is 47.2 Å². The smallest absolute Gasteiger partial charge is 0.244 e. The molecule has 0 spiro atoms. The lowest BCUT2D eigenvalue weighted by Crippen LogP contribution is -2.32. The molecule has 2 rings (SSSR count). The molecule has 0 bridgehead atoms. The van der Waals surface area contributed by atoms with E-state index in [1.54, 1.807) is 16.6 Å². The highest BCUT2D eigenvalue weighted by Crippen LogP contribution is 2.23. The van der Waals surface area contributed by atoms with Gasteiger partial charge >= 0.3 is 0 Å². The molecule has 0 amide bonds. The maximum absolute atomic E-state index is 12.5. The van der Waals surface area contributed by atoms with E-state index in [-0.39, 0.29) is 4.90 Å². The quantitative estimate of drug-likeness (QED) is 0.836. The Labute approximate surface area is 117 Å².